The quantitative estimate of drug-likeness (QED) is 0.507. The fourth-order valence-electron chi connectivity index (χ4n) is 2.28. The monoisotopic (exact) mass is 353 g/mol. The van der Waals surface area contributed by atoms with E-state index in [9.17, 15) is 13.2 Å². The second-order valence-electron chi connectivity index (χ2n) is 6.42. The molecule has 0 aliphatic carbocycles. The largest absolute Gasteiger partial charge is 0.496 e. The maximum absolute atomic E-state index is 11.9. The summed E-state index contributed by atoms with van der Waals surface area (Å²) in [5.41, 5.74) is 1.45. The van der Waals surface area contributed by atoms with Crippen molar-refractivity contribution >= 4 is 27.9 Å². The summed E-state index contributed by atoms with van der Waals surface area (Å²) in [7, 11) is -2.78. The van der Waals surface area contributed by atoms with Crippen LogP contribution >= 0.6 is 0 Å². The van der Waals surface area contributed by atoms with Crippen LogP contribution in [0.1, 0.15) is 31.9 Å². The highest BCUT2D eigenvalue weighted by Gasteiger charge is 2.33. The van der Waals surface area contributed by atoms with Crippen LogP contribution in [-0.4, -0.2) is 31.8 Å². The molecule has 1 heterocycles. The van der Waals surface area contributed by atoms with Crippen LogP contribution in [0.5, 0.6) is 5.75 Å². The van der Waals surface area contributed by atoms with Gasteiger partial charge in [-0.05, 0) is 17.7 Å². The first-order valence-corrected chi connectivity index (χ1v) is 8.76. The van der Waals surface area contributed by atoms with Crippen molar-refractivity contribution in [3.05, 3.63) is 34.9 Å². The third-order valence-electron chi connectivity index (χ3n) is 3.37. The van der Waals surface area contributed by atoms with Gasteiger partial charge in [0, 0.05) is 11.0 Å². The molecule has 8 heteroatoms. The molecule has 0 atom stereocenters. The van der Waals surface area contributed by atoms with Crippen molar-refractivity contribution in [3.63, 3.8) is 0 Å². The second-order valence-corrected chi connectivity index (χ2v) is 7.88. The molecule has 2 rings (SSSR count). The first-order chi connectivity index (χ1) is 11.0. The van der Waals surface area contributed by atoms with Gasteiger partial charge in [0.15, 0.2) is 0 Å². The number of carbonyl (C=O) groups is 1. The molecular formula is C16H19NO6S. The Morgan fingerprint density at radius 1 is 1.33 bits per heavy atom. The van der Waals surface area contributed by atoms with Gasteiger partial charge in [-0.2, -0.15) is 8.42 Å². The first kappa shape index (κ1) is 18.2. The fourth-order valence-corrected chi connectivity index (χ4v) is 2.92. The van der Waals surface area contributed by atoms with Crippen molar-refractivity contribution in [2.75, 3.05) is 7.11 Å². The number of hydrogen-bond acceptors (Lipinski definition) is 6. The van der Waals surface area contributed by atoms with E-state index in [1.54, 1.807) is 18.2 Å². The molecule has 1 aromatic rings. The van der Waals surface area contributed by atoms with E-state index in [4.69, 9.17) is 14.1 Å². The number of ether oxygens (including phenoxy) is 1. The van der Waals surface area contributed by atoms with Gasteiger partial charge in [0.25, 0.3) is 10.1 Å². The Kier molecular flexibility index (Phi) is 4.82. The molecule has 0 aromatic heterocycles. The molecule has 1 aliphatic heterocycles. The maximum atomic E-state index is 11.9. The van der Waals surface area contributed by atoms with Gasteiger partial charge in [-0.25, -0.2) is 4.79 Å². The van der Waals surface area contributed by atoms with Crippen LogP contribution in [0.3, 0.4) is 0 Å². The molecule has 7 nitrogen and oxygen atoms in total. The van der Waals surface area contributed by atoms with Crippen molar-refractivity contribution in [1.82, 2.24) is 0 Å². The summed E-state index contributed by atoms with van der Waals surface area (Å²) in [6.07, 6.45) is 1.61. The Balaban J connectivity index is 2.43. The highest BCUT2D eigenvalue weighted by atomic mass is 32.2. The number of carbonyl (C=O) groups excluding carboxylic acids is 1. The standard InChI is InChI=1S/C16H19NO6S/c1-16(2,3)14-12(15(18)23-17-14)7-10-5-6-11(9-24(19,20)21)13(8-10)22-4/h5-8H,9H2,1-4H3,(H,19,20,21)/b12-7-. The topological polar surface area (TPSA) is 102 Å². The molecule has 1 aliphatic rings. The van der Waals surface area contributed by atoms with E-state index < -0.39 is 21.8 Å². The van der Waals surface area contributed by atoms with Crippen LogP contribution in [0, 0.1) is 5.41 Å². The minimum Gasteiger partial charge on any atom is -0.496 e. The lowest BCUT2D eigenvalue weighted by molar-refractivity contribution is -0.136. The molecule has 1 aromatic carbocycles. The predicted molar refractivity (Wildman–Crippen MR) is 89.2 cm³/mol. The zero-order valence-electron chi connectivity index (χ0n) is 13.9. The molecule has 24 heavy (non-hydrogen) atoms. The van der Waals surface area contributed by atoms with Crippen molar-refractivity contribution in [3.8, 4) is 5.75 Å². The lowest BCUT2D eigenvalue weighted by atomic mass is 9.85. The fraction of sp³-hybridized carbons (Fsp3) is 0.375. The van der Waals surface area contributed by atoms with E-state index in [1.807, 2.05) is 20.8 Å². The Labute approximate surface area is 140 Å². The normalized spacial score (nSPS) is 17.0. The number of rotatable bonds is 4. The summed E-state index contributed by atoms with van der Waals surface area (Å²) in [4.78, 5) is 16.7. The van der Waals surface area contributed by atoms with Gasteiger partial charge in [0.2, 0.25) is 0 Å². The van der Waals surface area contributed by atoms with Crippen LogP contribution in [0.25, 0.3) is 6.08 Å². The van der Waals surface area contributed by atoms with Crippen LogP contribution < -0.4 is 4.74 Å². The number of hydrogen-bond donors (Lipinski definition) is 1. The maximum Gasteiger partial charge on any atom is 0.367 e. The highest BCUT2D eigenvalue weighted by molar-refractivity contribution is 7.85. The van der Waals surface area contributed by atoms with Gasteiger partial charge in [-0.15, -0.1) is 0 Å². The van der Waals surface area contributed by atoms with E-state index in [2.05, 4.69) is 5.16 Å². The Hall–Kier alpha value is -2.19. The Morgan fingerprint density at radius 3 is 2.54 bits per heavy atom. The number of benzene rings is 1. The van der Waals surface area contributed by atoms with Crippen LogP contribution in [0.4, 0.5) is 0 Å². The first-order valence-electron chi connectivity index (χ1n) is 7.15. The summed E-state index contributed by atoms with van der Waals surface area (Å²) in [5.74, 6) is -0.799. The number of methoxy groups -OCH3 is 1. The van der Waals surface area contributed by atoms with Crippen molar-refractivity contribution in [1.29, 1.82) is 0 Å². The Bertz CT molecular complexity index is 831. The number of nitrogens with zero attached hydrogens (tertiary/aromatic N) is 1. The van der Waals surface area contributed by atoms with E-state index >= 15 is 0 Å². The smallest absolute Gasteiger partial charge is 0.367 e. The van der Waals surface area contributed by atoms with Gasteiger partial charge in [-0.3, -0.25) is 4.55 Å². The molecule has 0 amide bonds. The molecule has 0 radical (unpaired) electrons. The minimum absolute atomic E-state index is 0.294. The highest BCUT2D eigenvalue weighted by Crippen LogP contribution is 2.29. The molecule has 0 bridgehead atoms. The molecule has 0 saturated heterocycles. The van der Waals surface area contributed by atoms with Crippen molar-refractivity contribution in [2.24, 2.45) is 10.6 Å². The second kappa shape index (κ2) is 6.37. The third-order valence-corrected chi connectivity index (χ3v) is 4.04. The van der Waals surface area contributed by atoms with Gasteiger partial charge in [0.1, 0.15) is 17.2 Å². The van der Waals surface area contributed by atoms with Crippen LogP contribution in [-0.2, 0) is 25.5 Å². The average Bonchev–Trinajstić information content (AvgIpc) is 2.80. The van der Waals surface area contributed by atoms with Crippen molar-refractivity contribution in [2.45, 2.75) is 26.5 Å². The summed E-state index contributed by atoms with van der Waals surface area (Å²) >= 11 is 0. The SMILES string of the molecule is COc1cc(/C=C2\C(=O)ON=C2C(C)(C)C)ccc1CS(=O)(=O)O. The summed E-state index contributed by atoms with van der Waals surface area (Å²) in [5, 5.41) is 3.83. The van der Waals surface area contributed by atoms with E-state index in [0.717, 1.165) is 0 Å². The van der Waals surface area contributed by atoms with Gasteiger partial charge in [-0.1, -0.05) is 38.1 Å². The van der Waals surface area contributed by atoms with Gasteiger partial charge < -0.3 is 9.57 Å². The third kappa shape index (κ3) is 4.21. The van der Waals surface area contributed by atoms with E-state index in [-0.39, 0.29) is 5.41 Å². The van der Waals surface area contributed by atoms with Crippen LogP contribution in [0.2, 0.25) is 0 Å². The average molecular weight is 353 g/mol. The molecule has 1 N–H and O–H groups in total. The van der Waals surface area contributed by atoms with E-state index in [1.165, 1.54) is 13.2 Å². The zero-order valence-corrected chi connectivity index (χ0v) is 14.7. The molecular weight excluding hydrogens is 334 g/mol. The summed E-state index contributed by atoms with van der Waals surface area (Å²) in [6.45, 7) is 5.74. The zero-order chi connectivity index (χ0) is 18.1. The lowest BCUT2D eigenvalue weighted by Gasteiger charge is -2.17. The van der Waals surface area contributed by atoms with Crippen molar-refractivity contribution < 1.29 is 27.3 Å². The molecule has 130 valence electrons. The van der Waals surface area contributed by atoms with Gasteiger partial charge in [0.05, 0.1) is 12.7 Å². The van der Waals surface area contributed by atoms with Crippen LogP contribution in [0.15, 0.2) is 28.9 Å². The number of oxime groups is 1. The van der Waals surface area contributed by atoms with Gasteiger partial charge >= 0.3 is 5.97 Å². The molecule has 0 spiro atoms. The molecule has 0 unspecified atom stereocenters. The summed E-state index contributed by atoms with van der Waals surface area (Å²) < 4.78 is 36.2. The molecule has 0 fully saturated rings. The Morgan fingerprint density at radius 2 is 2.00 bits per heavy atom. The predicted octanol–water partition coefficient (Wildman–Crippen LogP) is 2.43. The minimum atomic E-state index is -4.17. The summed E-state index contributed by atoms with van der Waals surface area (Å²) in [6, 6.07) is 4.73. The van der Waals surface area contributed by atoms with E-state index in [0.29, 0.717) is 28.2 Å². The molecule has 0 saturated carbocycles. The lowest BCUT2D eigenvalue weighted by Crippen LogP contribution is -2.21.